The molecule has 2 aromatic heterocycles. The molecular formula is C26H34N6O3. The van der Waals surface area contributed by atoms with Crippen LogP contribution in [0.4, 0.5) is 22.1 Å². The van der Waals surface area contributed by atoms with Crippen molar-refractivity contribution in [2.45, 2.75) is 51.7 Å². The standard InChI is InChI=1S/C26H34N6O3/c1-26(2,3)35-25(33)31-13-5-4-6-22(31)23-12-11-21-18-27-24(29-32(21)23)28-19-7-9-20(10-8-19)30-14-16-34-17-15-30/h7-12,18,22H,4-6,13-17H2,1-3H3,(H,28,29). The molecule has 4 heterocycles. The summed E-state index contributed by atoms with van der Waals surface area (Å²) >= 11 is 0. The number of aromatic nitrogens is 3. The predicted molar refractivity (Wildman–Crippen MR) is 135 cm³/mol. The van der Waals surface area contributed by atoms with Crippen LogP contribution >= 0.6 is 0 Å². The molecule has 1 atom stereocenters. The maximum Gasteiger partial charge on any atom is 0.410 e. The Morgan fingerprint density at radius 2 is 1.83 bits per heavy atom. The number of nitrogens with one attached hydrogen (secondary N) is 1. The molecule has 0 saturated carbocycles. The third-order valence-corrected chi connectivity index (χ3v) is 6.40. The van der Waals surface area contributed by atoms with E-state index in [2.05, 4.69) is 27.3 Å². The average molecular weight is 479 g/mol. The molecule has 0 spiro atoms. The fraction of sp³-hybridized carbons (Fsp3) is 0.500. The maximum atomic E-state index is 12.9. The minimum absolute atomic E-state index is 0.0864. The van der Waals surface area contributed by atoms with E-state index in [9.17, 15) is 4.79 Å². The Morgan fingerprint density at radius 3 is 2.57 bits per heavy atom. The topological polar surface area (TPSA) is 84.2 Å². The number of hydrogen-bond acceptors (Lipinski definition) is 7. The summed E-state index contributed by atoms with van der Waals surface area (Å²) in [5.41, 5.74) is 3.43. The third-order valence-electron chi connectivity index (χ3n) is 6.40. The fourth-order valence-electron chi connectivity index (χ4n) is 4.72. The number of amides is 1. The van der Waals surface area contributed by atoms with Gasteiger partial charge < -0.3 is 19.7 Å². The summed E-state index contributed by atoms with van der Waals surface area (Å²) in [6.07, 6.45) is 4.44. The monoisotopic (exact) mass is 478 g/mol. The van der Waals surface area contributed by atoms with Crippen molar-refractivity contribution in [3.8, 4) is 0 Å². The first kappa shape index (κ1) is 23.4. The summed E-state index contributed by atoms with van der Waals surface area (Å²) in [6, 6.07) is 12.2. The molecule has 1 unspecified atom stereocenters. The number of nitrogens with zero attached hydrogens (tertiary/aromatic N) is 5. The van der Waals surface area contributed by atoms with Gasteiger partial charge in [-0.25, -0.2) is 14.3 Å². The number of carbonyl (C=O) groups is 1. The summed E-state index contributed by atoms with van der Waals surface area (Å²) in [5, 5.41) is 8.09. The lowest BCUT2D eigenvalue weighted by atomic mass is 10.00. The molecule has 3 aromatic rings. The number of rotatable bonds is 4. The van der Waals surface area contributed by atoms with E-state index in [1.807, 2.05) is 60.6 Å². The summed E-state index contributed by atoms with van der Waals surface area (Å²) in [6.45, 7) is 9.71. The molecular weight excluding hydrogens is 444 g/mol. The highest BCUT2D eigenvalue weighted by molar-refractivity contribution is 5.69. The van der Waals surface area contributed by atoms with Gasteiger partial charge >= 0.3 is 6.09 Å². The van der Waals surface area contributed by atoms with E-state index in [1.54, 1.807) is 0 Å². The number of fused-ring (bicyclic) bond motifs is 1. The molecule has 2 aliphatic rings. The maximum absolute atomic E-state index is 12.9. The van der Waals surface area contributed by atoms with Gasteiger partial charge in [0.25, 0.3) is 0 Å². The summed E-state index contributed by atoms with van der Waals surface area (Å²) in [7, 11) is 0. The number of benzene rings is 1. The first-order valence-corrected chi connectivity index (χ1v) is 12.4. The van der Waals surface area contributed by atoms with Crippen LogP contribution in [0.3, 0.4) is 0 Å². The minimum atomic E-state index is -0.531. The summed E-state index contributed by atoms with van der Waals surface area (Å²) in [4.78, 5) is 21.6. The quantitative estimate of drug-likeness (QED) is 0.578. The molecule has 5 rings (SSSR count). The SMILES string of the molecule is CC(C)(C)OC(=O)N1CCCCC1c1ccc2cnc(Nc3ccc(N4CCOCC4)cc3)nn12. The van der Waals surface area contributed by atoms with E-state index in [1.165, 1.54) is 5.69 Å². The van der Waals surface area contributed by atoms with E-state index < -0.39 is 5.60 Å². The highest BCUT2D eigenvalue weighted by Crippen LogP contribution is 2.33. The van der Waals surface area contributed by atoms with Crippen molar-refractivity contribution in [1.82, 2.24) is 19.5 Å². The van der Waals surface area contributed by atoms with Crippen LogP contribution in [0.15, 0.2) is 42.6 Å². The number of piperidine rings is 1. The van der Waals surface area contributed by atoms with Crippen LogP contribution < -0.4 is 10.2 Å². The zero-order valence-corrected chi connectivity index (χ0v) is 20.7. The number of carbonyl (C=O) groups excluding carboxylic acids is 1. The Labute approximate surface area is 206 Å². The van der Waals surface area contributed by atoms with Crippen molar-refractivity contribution in [2.75, 3.05) is 43.1 Å². The van der Waals surface area contributed by atoms with E-state index in [0.717, 1.165) is 62.5 Å². The molecule has 9 heteroatoms. The highest BCUT2D eigenvalue weighted by Gasteiger charge is 2.33. The Hall–Kier alpha value is -3.33. The van der Waals surface area contributed by atoms with Gasteiger partial charge in [0.2, 0.25) is 5.95 Å². The average Bonchev–Trinajstić information content (AvgIpc) is 3.27. The van der Waals surface area contributed by atoms with Gasteiger partial charge in [0, 0.05) is 31.0 Å². The lowest BCUT2D eigenvalue weighted by molar-refractivity contribution is 0.00882. The molecule has 1 amide bonds. The molecule has 2 saturated heterocycles. The molecule has 186 valence electrons. The van der Waals surface area contributed by atoms with Crippen molar-refractivity contribution >= 4 is 28.9 Å². The lowest BCUT2D eigenvalue weighted by Crippen LogP contribution is -2.42. The van der Waals surface area contributed by atoms with Crippen LogP contribution in [0.5, 0.6) is 0 Å². The van der Waals surface area contributed by atoms with Gasteiger partial charge in [-0.2, -0.15) is 0 Å². The second kappa shape index (κ2) is 9.73. The molecule has 1 N–H and O–H groups in total. The third kappa shape index (κ3) is 5.35. The van der Waals surface area contributed by atoms with Gasteiger partial charge in [0.05, 0.1) is 36.7 Å². The van der Waals surface area contributed by atoms with Crippen molar-refractivity contribution in [2.24, 2.45) is 0 Å². The number of anilines is 3. The summed E-state index contributed by atoms with van der Waals surface area (Å²) in [5.74, 6) is 0.508. The zero-order chi connectivity index (χ0) is 24.4. The van der Waals surface area contributed by atoms with Gasteiger partial charge in [-0.3, -0.25) is 4.90 Å². The van der Waals surface area contributed by atoms with Crippen LogP contribution in [-0.2, 0) is 9.47 Å². The molecule has 2 aliphatic heterocycles. The van der Waals surface area contributed by atoms with Crippen molar-refractivity contribution in [3.05, 3.63) is 48.3 Å². The summed E-state index contributed by atoms with van der Waals surface area (Å²) < 4.78 is 13.0. The number of hydrogen-bond donors (Lipinski definition) is 1. The molecule has 0 radical (unpaired) electrons. The minimum Gasteiger partial charge on any atom is -0.444 e. The first-order valence-electron chi connectivity index (χ1n) is 12.4. The molecule has 0 aliphatic carbocycles. The molecule has 9 nitrogen and oxygen atoms in total. The van der Waals surface area contributed by atoms with Crippen molar-refractivity contribution in [1.29, 1.82) is 0 Å². The van der Waals surface area contributed by atoms with Crippen LogP contribution in [-0.4, -0.2) is 64.0 Å². The molecule has 35 heavy (non-hydrogen) atoms. The van der Waals surface area contributed by atoms with E-state index in [4.69, 9.17) is 14.6 Å². The Morgan fingerprint density at radius 1 is 1.06 bits per heavy atom. The van der Waals surface area contributed by atoms with Gasteiger partial charge in [-0.1, -0.05) is 0 Å². The Kier molecular flexibility index (Phi) is 6.51. The van der Waals surface area contributed by atoms with E-state index in [0.29, 0.717) is 12.5 Å². The normalized spacial score (nSPS) is 19.1. The number of likely N-dealkylation sites (tertiary alicyclic amines) is 1. The molecule has 0 bridgehead atoms. The van der Waals surface area contributed by atoms with Crippen LogP contribution in [0, 0.1) is 0 Å². The predicted octanol–water partition coefficient (Wildman–Crippen LogP) is 4.77. The van der Waals surface area contributed by atoms with Gasteiger partial charge in [-0.05, 0) is 76.4 Å². The van der Waals surface area contributed by atoms with E-state index in [-0.39, 0.29) is 12.1 Å². The number of ether oxygens (including phenoxy) is 2. The van der Waals surface area contributed by atoms with Crippen LogP contribution in [0.2, 0.25) is 0 Å². The smallest absolute Gasteiger partial charge is 0.410 e. The van der Waals surface area contributed by atoms with Gasteiger partial charge in [0.1, 0.15) is 5.60 Å². The fourth-order valence-corrected chi connectivity index (χ4v) is 4.72. The Bertz CT molecular complexity index is 1160. The lowest BCUT2D eigenvalue weighted by Gasteiger charge is -2.36. The zero-order valence-electron chi connectivity index (χ0n) is 20.7. The second-order valence-corrected chi connectivity index (χ2v) is 10.1. The Balaban J connectivity index is 1.36. The highest BCUT2D eigenvalue weighted by atomic mass is 16.6. The number of morpholine rings is 1. The van der Waals surface area contributed by atoms with Crippen LogP contribution in [0.25, 0.3) is 5.52 Å². The van der Waals surface area contributed by atoms with Crippen LogP contribution in [0.1, 0.15) is 51.8 Å². The van der Waals surface area contributed by atoms with Crippen molar-refractivity contribution in [3.63, 3.8) is 0 Å². The second-order valence-electron chi connectivity index (χ2n) is 10.1. The van der Waals surface area contributed by atoms with Gasteiger partial charge in [0.15, 0.2) is 0 Å². The first-order chi connectivity index (χ1) is 16.9. The largest absolute Gasteiger partial charge is 0.444 e. The molecule has 2 fully saturated rings. The van der Waals surface area contributed by atoms with E-state index >= 15 is 0 Å². The molecule has 1 aromatic carbocycles. The van der Waals surface area contributed by atoms with Gasteiger partial charge in [-0.15, -0.1) is 5.10 Å². The van der Waals surface area contributed by atoms with Crippen molar-refractivity contribution < 1.29 is 14.3 Å².